The molecule has 6 heteroatoms. The zero-order valence-electron chi connectivity index (χ0n) is 12.2. The van der Waals surface area contributed by atoms with E-state index in [-0.39, 0.29) is 24.0 Å². The van der Waals surface area contributed by atoms with Gasteiger partial charge in [-0.3, -0.25) is 4.79 Å². The van der Waals surface area contributed by atoms with Gasteiger partial charge in [-0.15, -0.1) is 0 Å². The maximum Gasteiger partial charge on any atom is 0.322 e. The molecule has 114 valence electrons. The van der Waals surface area contributed by atoms with Crippen LogP contribution in [0.1, 0.15) is 26.7 Å². The van der Waals surface area contributed by atoms with Gasteiger partial charge in [-0.25, -0.2) is 4.79 Å². The molecule has 21 heavy (non-hydrogen) atoms. The van der Waals surface area contributed by atoms with Crippen molar-refractivity contribution in [3.63, 3.8) is 0 Å². The Morgan fingerprint density at radius 3 is 2.86 bits per heavy atom. The van der Waals surface area contributed by atoms with E-state index in [4.69, 9.17) is 11.6 Å². The van der Waals surface area contributed by atoms with Gasteiger partial charge in [0.2, 0.25) is 5.91 Å². The minimum absolute atomic E-state index is 0.0324. The highest BCUT2D eigenvalue weighted by Gasteiger charge is 2.26. The van der Waals surface area contributed by atoms with Gasteiger partial charge >= 0.3 is 6.03 Å². The van der Waals surface area contributed by atoms with Crippen LogP contribution < -0.4 is 10.6 Å². The number of amides is 3. The molecule has 5 nitrogen and oxygen atoms in total. The number of carbonyl (C=O) groups excluding carboxylic acids is 2. The van der Waals surface area contributed by atoms with Gasteiger partial charge in [0.1, 0.15) is 0 Å². The second-order valence-electron chi connectivity index (χ2n) is 5.49. The van der Waals surface area contributed by atoms with Crippen LogP contribution in [-0.2, 0) is 4.79 Å². The van der Waals surface area contributed by atoms with E-state index in [1.54, 1.807) is 29.2 Å². The van der Waals surface area contributed by atoms with E-state index in [1.807, 2.05) is 13.8 Å². The van der Waals surface area contributed by atoms with Crippen LogP contribution in [0.4, 0.5) is 10.5 Å². The van der Waals surface area contributed by atoms with Crippen LogP contribution in [0.3, 0.4) is 0 Å². The monoisotopic (exact) mass is 309 g/mol. The van der Waals surface area contributed by atoms with E-state index in [9.17, 15) is 9.59 Å². The third-order valence-corrected chi connectivity index (χ3v) is 3.70. The average Bonchev–Trinajstić information content (AvgIpc) is 2.81. The van der Waals surface area contributed by atoms with Crippen LogP contribution in [-0.4, -0.2) is 35.5 Å². The number of halogens is 1. The molecule has 0 radical (unpaired) electrons. The van der Waals surface area contributed by atoms with Crippen LogP contribution in [0, 0.1) is 0 Å². The Hall–Kier alpha value is -1.75. The van der Waals surface area contributed by atoms with Crippen LogP contribution >= 0.6 is 11.6 Å². The quantitative estimate of drug-likeness (QED) is 0.898. The van der Waals surface area contributed by atoms with Crippen LogP contribution in [0.2, 0.25) is 5.02 Å². The number of anilines is 1. The summed E-state index contributed by atoms with van der Waals surface area (Å²) in [5.74, 6) is 0.0546. The van der Waals surface area contributed by atoms with E-state index in [0.29, 0.717) is 23.7 Å². The van der Waals surface area contributed by atoms with Gasteiger partial charge < -0.3 is 15.5 Å². The Bertz CT molecular complexity index is 533. The topological polar surface area (TPSA) is 61.4 Å². The molecule has 1 aromatic rings. The molecule has 1 aliphatic heterocycles. The molecule has 1 aromatic carbocycles. The van der Waals surface area contributed by atoms with Crippen molar-refractivity contribution >= 4 is 29.2 Å². The summed E-state index contributed by atoms with van der Waals surface area (Å²) in [4.78, 5) is 25.4. The summed E-state index contributed by atoms with van der Waals surface area (Å²) in [6, 6.07) is 6.93. The van der Waals surface area contributed by atoms with Crippen LogP contribution in [0.25, 0.3) is 0 Å². The molecule has 1 saturated heterocycles. The van der Waals surface area contributed by atoms with E-state index in [1.165, 1.54) is 0 Å². The predicted molar refractivity (Wildman–Crippen MR) is 83.5 cm³/mol. The first-order chi connectivity index (χ1) is 9.95. The minimum atomic E-state index is -0.187. The number of benzene rings is 1. The third kappa shape index (κ3) is 4.36. The Balaban J connectivity index is 2.00. The summed E-state index contributed by atoms with van der Waals surface area (Å²) in [7, 11) is 0. The molecule has 1 atom stereocenters. The first-order valence-corrected chi connectivity index (χ1v) is 7.46. The molecule has 1 unspecified atom stereocenters. The largest absolute Gasteiger partial charge is 0.352 e. The number of rotatable bonds is 4. The lowest BCUT2D eigenvalue weighted by molar-refractivity contribution is -0.119. The SMILES string of the molecule is CC(C)N(CC1CCC(=O)N1)C(=O)Nc1cccc(Cl)c1. The standard InChI is InChI=1S/C15H20ClN3O2/c1-10(2)19(9-13-6-7-14(20)17-13)15(21)18-12-5-3-4-11(16)8-12/h3-5,8,10,13H,6-7,9H2,1-2H3,(H,17,20)(H,18,21). The zero-order valence-corrected chi connectivity index (χ0v) is 13.0. The smallest absolute Gasteiger partial charge is 0.322 e. The lowest BCUT2D eigenvalue weighted by Gasteiger charge is -2.29. The van der Waals surface area contributed by atoms with Crippen molar-refractivity contribution in [2.24, 2.45) is 0 Å². The summed E-state index contributed by atoms with van der Waals surface area (Å²) in [6.07, 6.45) is 1.30. The summed E-state index contributed by atoms with van der Waals surface area (Å²) in [6.45, 7) is 4.42. The molecule has 0 bridgehead atoms. The molecule has 0 aromatic heterocycles. The van der Waals surface area contributed by atoms with Crippen molar-refractivity contribution in [2.45, 2.75) is 38.8 Å². The second-order valence-corrected chi connectivity index (χ2v) is 5.93. The Labute approximate surface area is 129 Å². The van der Waals surface area contributed by atoms with Crippen molar-refractivity contribution in [3.8, 4) is 0 Å². The molecule has 0 aliphatic carbocycles. The summed E-state index contributed by atoms with van der Waals surface area (Å²) in [5.41, 5.74) is 0.661. The fourth-order valence-electron chi connectivity index (χ4n) is 2.34. The fraction of sp³-hybridized carbons (Fsp3) is 0.467. The first kappa shape index (κ1) is 15.6. The van der Waals surface area contributed by atoms with Gasteiger partial charge in [-0.2, -0.15) is 0 Å². The number of carbonyl (C=O) groups is 2. The van der Waals surface area contributed by atoms with E-state index in [0.717, 1.165) is 6.42 Å². The van der Waals surface area contributed by atoms with Crippen molar-refractivity contribution < 1.29 is 9.59 Å². The third-order valence-electron chi connectivity index (χ3n) is 3.46. The normalized spacial score (nSPS) is 17.7. The van der Waals surface area contributed by atoms with Gasteiger partial charge in [-0.05, 0) is 38.5 Å². The molecule has 1 heterocycles. The van der Waals surface area contributed by atoms with Crippen molar-refractivity contribution in [2.75, 3.05) is 11.9 Å². The molecule has 2 rings (SSSR count). The maximum atomic E-state index is 12.4. The zero-order chi connectivity index (χ0) is 15.4. The van der Waals surface area contributed by atoms with Gasteiger partial charge in [0.15, 0.2) is 0 Å². The fourth-order valence-corrected chi connectivity index (χ4v) is 2.53. The molecule has 0 saturated carbocycles. The highest BCUT2D eigenvalue weighted by Crippen LogP contribution is 2.17. The van der Waals surface area contributed by atoms with Crippen molar-refractivity contribution in [1.82, 2.24) is 10.2 Å². The molecule has 2 N–H and O–H groups in total. The minimum Gasteiger partial charge on any atom is -0.352 e. The Kier molecular flexibility index (Phi) is 5.07. The summed E-state index contributed by atoms with van der Waals surface area (Å²) in [5, 5.41) is 6.30. The van der Waals surface area contributed by atoms with Crippen LogP contribution in [0.5, 0.6) is 0 Å². The molecule has 1 fully saturated rings. The van der Waals surface area contributed by atoms with Gasteiger partial charge in [0.25, 0.3) is 0 Å². The molecule has 3 amide bonds. The number of nitrogens with zero attached hydrogens (tertiary/aromatic N) is 1. The number of hydrogen-bond donors (Lipinski definition) is 2. The highest BCUT2D eigenvalue weighted by atomic mass is 35.5. The summed E-state index contributed by atoms with van der Waals surface area (Å²) < 4.78 is 0. The number of nitrogens with one attached hydrogen (secondary N) is 2. The molecule has 0 spiro atoms. The predicted octanol–water partition coefficient (Wildman–Crippen LogP) is 2.86. The Morgan fingerprint density at radius 2 is 2.29 bits per heavy atom. The van der Waals surface area contributed by atoms with E-state index in [2.05, 4.69) is 10.6 Å². The number of hydrogen-bond acceptors (Lipinski definition) is 2. The van der Waals surface area contributed by atoms with Gasteiger partial charge in [-0.1, -0.05) is 17.7 Å². The van der Waals surface area contributed by atoms with E-state index >= 15 is 0 Å². The molecular formula is C15H20ClN3O2. The molecular weight excluding hydrogens is 290 g/mol. The van der Waals surface area contributed by atoms with Crippen molar-refractivity contribution in [1.29, 1.82) is 0 Å². The average molecular weight is 310 g/mol. The highest BCUT2D eigenvalue weighted by molar-refractivity contribution is 6.30. The second kappa shape index (κ2) is 6.80. The van der Waals surface area contributed by atoms with Crippen LogP contribution in [0.15, 0.2) is 24.3 Å². The first-order valence-electron chi connectivity index (χ1n) is 7.08. The lowest BCUT2D eigenvalue weighted by atomic mass is 10.2. The summed E-state index contributed by atoms with van der Waals surface area (Å²) >= 11 is 5.91. The van der Waals surface area contributed by atoms with E-state index < -0.39 is 0 Å². The molecule has 1 aliphatic rings. The number of urea groups is 1. The lowest BCUT2D eigenvalue weighted by Crippen LogP contribution is -2.47. The maximum absolute atomic E-state index is 12.4. The van der Waals surface area contributed by atoms with Gasteiger partial charge in [0.05, 0.1) is 0 Å². The Morgan fingerprint density at radius 1 is 1.52 bits per heavy atom. The van der Waals surface area contributed by atoms with Gasteiger partial charge in [0, 0.05) is 35.8 Å². The van der Waals surface area contributed by atoms with Crippen molar-refractivity contribution in [3.05, 3.63) is 29.3 Å².